The van der Waals surface area contributed by atoms with Crippen molar-refractivity contribution in [1.29, 1.82) is 0 Å². The Morgan fingerprint density at radius 1 is 0.625 bits per heavy atom. The smallest absolute Gasteiger partial charge is 0.320 e. The van der Waals surface area contributed by atoms with Gasteiger partial charge in [0.15, 0.2) is 0 Å². The summed E-state index contributed by atoms with van der Waals surface area (Å²) < 4.78 is 19.6. The lowest BCUT2D eigenvalue weighted by molar-refractivity contribution is 0.383. The van der Waals surface area contributed by atoms with Crippen molar-refractivity contribution in [1.82, 2.24) is 0 Å². The second-order valence-corrected chi connectivity index (χ2v) is 13.6. The van der Waals surface area contributed by atoms with E-state index in [0.717, 1.165) is 35.5 Å². The summed E-state index contributed by atoms with van der Waals surface area (Å²) in [5.41, 5.74) is 2.01. The number of para-hydroxylation sites is 2. The second-order valence-electron chi connectivity index (χ2n) is 10.7. The summed E-state index contributed by atoms with van der Waals surface area (Å²) in [7, 11) is -2.67. The van der Waals surface area contributed by atoms with Crippen LogP contribution >= 0.6 is 7.51 Å². The minimum absolute atomic E-state index is 0.182. The molecule has 0 amide bonds. The monoisotopic (exact) mass is 453 g/mol. The fraction of sp³-hybridized carbons (Fsp3) is 0.571. The lowest BCUT2D eigenvalue weighted by Crippen LogP contribution is -2.29. The van der Waals surface area contributed by atoms with E-state index in [-0.39, 0.29) is 10.7 Å². The number of nitrogens with zero attached hydrogens (tertiary/aromatic N) is 1. The van der Waals surface area contributed by atoms with Gasteiger partial charge in [-0.25, -0.2) is 4.74 Å². The summed E-state index contributed by atoms with van der Waals surface area (Å²) in [6, 6.07) is 16.7. The third-order valence-electron chi connectivity index (χ3n) is 7.00. The largest absolute Gasteiger partial charge is 0.429 e. The highest BCUT2D eigenvalue weighted by Gasteiger charge is 2.47. The van der Waals surface area contributed by atoms with E-state index in [9.17, 15) is 0 Å². The fourth-order valence-electron chi connectivity index (χ4n) is 4.97. The molecule has 0 unspecified atom stereocenters. The molecule has 4 rings (SSSR count). The molecule has 0 N–H and O–H groups in total. The Morgan fingerprint density at radius 3 is 1.59 bits per heavy atom. The van der Waals surface area contributed by atoms with Crippen molar-refractivity contribution in [3.05, 3.63) is 48.5 Å². The van der Waals surface area contributed by atoms with E-state index in [4.69, 9.17) is 13.8 Å². The van der Waals surface area contributed by atoms with Crippen LogP contribution in [0.2, 0.25) is 0 Å². The molecule has 2 heterocycles. The highest BCUT2D eigenvalue weighted by atomic mass is 31.2. The number of hydrogen-bond donors (Lipinski definition) is 0. The van der Waals surface area contributed by atoms with Gasteiger partial charge in [-0.2, -0.15) is 0 Å². The third kappa shape index (κ3) is 5.09. The van der Waals surface area contributed by atoms with Gasteiger partial charge in [0.2, 0.25) is 0 Å². The molecule has 2 aromatic carbocycles. The van der Waals surface area contributed by atoms with Crippen LogP contribution in [0.3, 0.4) is 0 Å². The van der Waals surface area contributed by atoms with Crippen LogP contribution < -0.4 is 9.05 Å². The molecule has 1 spiro atoms. The molecule has 0 atom stereocenters. The standard InChI is InChI=1S/C28H40NO2P/c1-27(2)21-15-9-7-5-6-8-10-16-22-28(3,4)32(29-27)30-25-19-13-11-17-23(25)24-18-12-14-20-26(24)31-32/h11-14,17-20H,5-10,15-16,21-22H2,1-4H3. The van der Waals surface area contributed by atoms with Crippen molar-refractivity contribution in [2.45, 2.75) is 103 Å². The topological polar surface area (TPSA) is 30.8 Å². The summed E-state index contributed by atoms with van der Waals surface area (Å²) in [5.74, 6) is 1.80. The predicted octanol–water partition coefficient (Wildman–Crippen LogP) is 9.63. The van der Waals surface area contributed by atoms with E-state index < -0.39 is 7.51 Å². The molecule has 32 heavy (non-hydrogen) atoms. The molecule has 2 aliphatic heterocycles. The Kier molecular flexibility index (Phi) is 7.06. The second kappa shape index (κ2) is 9.64. The van der Waals surface area contributed by atoms with Crippen molar-refractivity contribution in [2.24, 2.45) is 4.74 Å². The number of hydrogen-bond acceptors (Lipinski definition) is 3. The summed E-state index contributed by atoms with van der Waals surface area (Å²) >= 11 is 0. The van der Waals surface area contributed by atoms with Crippen LogP contribution in [0.5, 0.6) is 11.5 Å². The third-order valence-corrected chi connectivity index (χ3v) is 10.4. The number of benzene rings is 2. The average Bonchev–Trinajstić information content (AvgIpc) is 2.89. The summed E-state index contributed by atoms with van der Waals surface area (Å²) in [6.07, 6.45) is 12.5. The SMILES string of the molecule is CC1(C)CCCCCCCCCCC(C)(C)P2(=N1)Oc1ccccc1-c1ccccc1O2. The first kappa shape index (κ1) is 23.4. The summed E-state index contributed by atoms with van der Waals surface area (Å²) in [6.45, 7) is 9.18. The Morgan fingerprint density at radius 2 is 1.06 bits per heavy atom. The number of rotatable bonds is 0. The van der Waals surface area contributed by atoms with Gasteiger partial charge in [-0.15, -0.1) is 0 Å². The van der Waals surface area contributed by atoms with Gasteiger partial charge < -0.3 is 9.05 Å². The first-order chi connectivity index (χ1) is 15.3. The van der Waals surface area contributed by atoms with Crippen molar-refractivity contribution in [2.75, 3.05) is 0 Å². The molecule has 3 nitrogen and oxygen atoms in total. The van der Waals surface area contributed by atoms with E-state index in [1.807, 2.05) is 0 Å². The minimum atomic E-state index is -2.67. The highest BCUT2D eigenvalue weighted by molar-refractivity contribution is 7.59. The van der Waals surface area contributed by atoms with Crippen molar-refractivity contribution in [3.8, 4) is 22.6 Å². The maximum absolute atomic E-state index is 7.00. The molecule has 0 radical (unpaired) electrons. The molecular weight excluding hydrogens is 413 g/mol. The zero-order valence-electron chi connectivity index (χ0n) is 20.4. The van der Waals surface area contributed by atoms with Crippen LogP contribution in [-0.4, -0.2) is 10.7 Å². The van der Waals surface area contributed by atoms with Crippen molar-refractivity contribution in [3.63, 3.8) is 0 Å². The molecule has 2 aliphatic rings. The molecular formula is C28H40NO2P. The van der Waals surface area contributed by atoms with Gasteiger partial charge in [0.25, 0.3) is 0 Å². The molecule has 0 saturated heterocycles. The molecule has 4 heteroatoms. The summed E-state index contributed by atoms with van der Waals surface area (Å²) in [5, 5.41) is -0.182. The van der Waals surface area contributed by atoms with Crippen molar-refractivity contribution >= 4 is 7.51 Å². The maximum Gasteiger partial charge on any atom is 0.320 e. The minimum Gasteiger partial charge on any atom is -0.429 e. The molecule has 2 aromatic rings. The van der Waals surface area contributed by atoms with Crippen LogP contribution in [0, 0.1) is 0 Å². The van der Waals surface area contributed by atoms with Crippen LogP contribution in [-0.2, 0) is 0 Å². The van der Waals surface area contributed by atoms with Crippen LogP contribution in [0.1, 0.15) is 91.9 Å². The Balaban J connectivity index is 1.87. The zero-order valence-corrected chi connectivity index (χ0v) is 21.3. The fourth-order valence-corrected chi connectivity index (χ4v) is 7.96. The van der Waals surface area contributed by atoms with E-state index in [1.54, 1.807) is 0 Å². The molecule has 0 fully saturated rings. The molecule has 0 aliphatic carbocycles. The maximum atomic E-state index is 7.00. The Hall–Kier alpha value is -1.73. The van der Waals surface area contributed by atoms with E-state index in [0.29, 0.717) is 0 Å². The molecule has 0 aromatic heterocycles. The quantitative estimate of drug-likeness (QED) is 0.372. The molecule has 174 valence electrons. The van der Waals surface area contributed by atoms with Crippen molar-refractivity contribution < 1.29 is 9.05 Å². The average molecular weight is 454 g/mol. The lowest BCUT2D eigenvalue weighted by Gasteiger charge is -2.40. The van der Waals surface area contributed by atoms with Gasteiger partial charge in [-0.1, -0.05) is 87.8 Å². The predicted molar refractivity (Wildman–Crippen MR) is 137 cm³/mol. The van der Waals surface area contributed by atoms with Gasteiger partial charge in [-0.3, -0.25) is 0 Å². The summed E-state index contributed by atoms with van der Waals surface area (Å²) in [4.78, 5) is 0. The molecule has 0 bridgehead atoms. The highest BCUT2D eigenvalue weighted by Crippen LogP contribution is 2.67. The van der Waals surface area contributed by atoms with Crippen LogP contribution in [0.25, 0.3) is 11.1 Å². The Bertz CT molecular complexity index is 927. The van der Waals surface area contributed by atoms with Crippen LogP contribution in [0.15, 0.2) is 53.3 Å². The first-order valence-corrected chi connectivity index (χ1v) is 14.1. The zero-order chi connectivity index (χ0) is 22.7. The van der Waals surface area contributed by atoms with Crippen LogP contribution in [0.4, 0.5) is 0 Å². The van der Waals surface area contributed by atoms with E-state index in [2.05, 4.69) is 76.2 Å². The van der Waals surface area contributed by atoms with Gasteiger partial charge in [0.1, 0.15) is 11.5 Å². The van der Waals surface area contributed by atoms with E-state index >= 15 is 0 Å². The molecule has 0 saturated carbocycles. The van der Waals surface area contributed by atoms with Gasteiger partial charge in [0, 0.05) is 11.1 Å². The Labute approximate surface area is 195 Å². The van der Waals surface area contributed by atoms with Gasteiger partial charge >= 0.3 is 7.51 Å². The van der Waals surface area contributed by atoms with E-state index in [1.165, 1.54) is 51.4 Å². The lowest BCUT2D eigenvalue weighted by atomic mass is 9.97. The number of fused-ring (bicyclic) bond motifs is 3. The van der Waals surface area contributed by atoms with Gasteiger partial charge in [-0.05, 0) is 52.7 Å². The first-order valence-electron chi connectivity index (χ1n) is 12.5. The van der Waals surface area contributed by atoms with Gasteiger partial charge in [0.05, 0.1) is 10.7 Å². The normalized spacial score (nSPS) is 22.6.